The number of hydrogen-bond acceptors (Lipinski definition) is 5. The second-order valence-corrected chi connectivity index (χ2v) is 9.11. The molecule has 8 heteroatoms. The van der Waals surface area contributed by atoms with Gasteiger partial charge in [-0.05, 0) is 61.4 Å². The van der Waals surface area contributed by atoms with Crippen molar-refractivity contribution in [2.75, 3.05) is 16.0 Å². The lowest BCUT2D eigenvalue weighted by molar-refractivity contribution is -0.116. The van der Waals surface area contributed by atoms with Crippen molar-refractivity contribution in [2.45, 2.75) is 31.1 Å². The molecular weight excluding hydrogens is 449 g/mol. The van der Waals surface area contributed by atoms with Crippen LogP contribution in [0, 0.1) is 5.82 Å². The van der Waals surface area contributed by atoms with Crippen molar-refractivity contribution >= 4 is 29.0 Å². The van der Waals surface area contributed by atoms with Crippen LogP contribution in [0.2, 0.25) is 0 Å². The maximum Gasteiger partial charge on any atom is 0.237 e. The average Bonchev–Trinajstić information content (AvgIpc) is 3.42. The maximum atomic E-state index is 13.2. The summed E-state index contributed by atoms with van der Waals surface area (Å²) in [6.07, 6.45) is 0.867. The van der Waals surface area contributed by atoms with Gasteiger partial charge in [0.2, 0.25) is 5.91 Å². The lowest BCUT2D eigenvalue weighted by atomic mass is 10.1. The minimum atomic E-state index is -0.281. The number of thioether (sulfide) groups is 1. The topological polar surface area (TPSA) is 63.1 Å². The third-order valence-corrected chi connectivity index (χ3v) is 6.72. The molecule has 34 heavy (non-hydrogen) atoms. The van der Waals surface area contributed by atoms with Crippen molar-refractivity contribution in [1.82, 2.24) is 14.8 Å². The molecule has 0 fully saturated rings. The normalized spacial score (nSPS) is 14.8. The van der Waals surface area contributed by atoms with E-state index in [1.54, 1.807) is 12.1 Å². The summed E-state index contributed by atoms with van der Waals surface area (Å²) in [6.45, 7) is 2.48. The number of rotatable bonds is 7. The molecule has 5 rings (SSSR count). The largest absolute Gasteiger partial charge is 0.378 e. The molecule has 0 bridgehead atoms. The molecule has 1 aliphatic rings. The van der Waals surface area contributed by atoms with Crippen LogP contribution in [0.5, 0.6) is 0 Å². The molecular formula is C26H24FN5OS. The molecule has 3 aromatic carbocycles. The Morgan fingerprint density at radius 3 is 2.56 bits per heavy atom. The van der Waals surface area contributed by atoms with Crippen LogP contribution in [0.15, 0.2) is 84.0 Å². The van der Waals surface area contributed by atoms with Gasteiger partial charge in [-0.15, -0.1) is 10.2 Å². The van der Waals surface area contributed by atoms with Crippen LogP contribution in [-0.2, 0) is 17.8 Å². The molecule has 1 N–H and O–H groups in total. The molecule has 4 aromatic rings. The Bertz CT molecular complexity index is 1290. The van der Waals surface area contributed by atoms with Gasteiger partial charge in [0.15, 0.2) is 11.0 Å². The molecule has 1 atom stereocenters. The Labute approximate surface area is 201 Å². The third kappa shape index (κ3) is 4.54. The zero-order chi connectivity index (χ0) is 23.5. The van der Waals surface area contributed by atoms with Crippen LogP contribution in [0.3, 0.4) is 0 Å². The first kappa shape index (κ1) is 22.2. The maximum absolute atomic E-state index is 13.2. The van der Waals surface area contributed by atoms with E-state index in [9.17, 15) is 9.18 Å². The van der Waals surface area contributed by atoms with Crippen molar-refractivity contribution in [3.8, 4) is 5.69 Å². The van der Waals surface area contributed by atoms with E-state index in [0.29, 0.717) is 17.5 Å². The number of nitrogens with one attached hydrogen (secondary N) is 1. The summed E-state index contributed by atoms with van der Waals surface area (Å²) >= 11 is 1.38. The van der Waals surface area contributed by atoms with E-state index in [1.807, 2.05) is 58.0 Å². The lowest BCUT2D eigenvalue weighted by Gasteiger charge is -2.22. The molecule has 0 saturated heterocycles. The van der Waals surface area contributed by atoms with Crippen molar-refractivity contribution < 1.29 is 9.18 Å². The van der Waals surface area contributed by atoms with Gasteiger partial charge in [0.05, 0.1) is 12.3 Å². The Kier molecular flexibility index (Phi) is 6.31. The fourth-order valence-electron chi connectivity index (χ4n) is 4.23. The number of carbonyl (C=O) groups is 1. The van der Waals surface area contributed by atoms with Crippen molar-refractivity contribution in [2.24, 2.45) is 0 Å². The van der Waals surface area contributed by atoms with Gasteiger partial charge in [0.25, 0.3) is 0 Å². The Balaban J connectivity index is 1.35. The van der Waals surface area contributed by atoms with E-state index in [-0.39, 0.29) is 23.5 Å². The van der Waals surface area contributed by atoms with Crippen molar-refractivity contribution in [3.05, 3.63) is 96.1 Å². The highest BCUT2D eigenvalue weighted by Crippen LogP contribution is 2.33. The summed E-state index contributed by atoms with van der Waals surface area (Å²) in [5, 5.41) is 12.7. The number of amides is 1. The van der Waals surface area contributed by atoms with E-state index in [1.165, 1.54) is 29.5 Å². The number of carbonyl (C=O) groups excluding carboxylic acids is 1. The summed E-state index contributed by atoms with van der Waals surface area (Å²) in [4.78, 5) is 15.1. The minimum absolute atomic E-state index is 0.0519. The average molecular weight is 474 g/mol. The van der Waals surface area contributed by atoms with E-state index in [2.05, 4.69) is 28.5 Å². The highest BCUT2D eigenvalue weighted by Gasteiger charge is 2.30. The fourth-order valence-corrected chi connectivity index (χ4v) is 5.07. The number of fused-ring (bicyclic) bond motifs is 1. The molecule has 6 nitrogen and oxygen atoms in total. The van der Waals surface area contributed by atoms with Crippen LogP contribution in [0.25, 0.3) is 5.69 Å². The Morgan fingerprint density at radius 1 is 1.03 bits per heavy atom. The molecule has 0 aliphatic carbocycles. The molecule has 172 valence electrons. The van der Waals surface area contributed by atoms with Gasteiger partial charge >= 0.3 is 0 Å². The lowest BCUT2D eigenvalue weighted by Crippen LogP contribution is -2.37. The summed E-state index contributed by atoms with van der Waals surface area (Å²) in [6, 6.07) is 24.2. The molecule has 0 spiro atoms. The third-order valence-electron chi connectivity index (χ3n) is 5.81. The molecule has 1 amide bonds. The standard InChI is InChI=1S/C26H24FN5OS/c1-18-15-19-7-5-6-10-23(19)31(18)25(33)17-34-26-30-29-24(32(26)22-8-3-2-4-9-22)16-28-21-13-11-20(27)12-14-21/h2-14,18,28H,15-17H2,1H3/t18-/m0/s1. The van der Waals surface area contributed by atoms with E-state index in [0.717, 1.165) is 23.5 Å². The van der Waals surface area contributed by atoms with E-state index >= 15 is 0 Å². The van der Waals surface area contributed by atoms with Crippen LogP contribution >= 0.6 is 11.8 Å². The number of aromatic nitrogens is 3. The second-order valence-electron chi connectivity index (χ2n) is 8.16. The zero-order valence-electron chi connectivity index (χ0n) is 18.7. The molecule has 2 heterocycles. The Morgan fingerprint density at radius 2 is 1.76 bits per heavy atom. The molecule has 0 unspecified atom stereocenters. The van der Waals surface area contributed by atoms with Gasteiger partial charge in [-0.25, -0.2) is 4.39 Å². The van der Waals surface area contributed by atoms with Gasteiger partial charge in [-0.3, -0.25) is 9.36 Å². The highest BCUT2D eigenvalue weighted by molar-refractivity contribution is 7.99. The van der Waals surface area contributed by atoms with E-state index < -0.39 is 0 Å². The predicted molar refractivity (Wildman–Crippen MR) is 133 cm³/mol. The molecule has 1 aliphatic heterocycles. The van der Waals surface area contributed by atoms with Gasteiger partial charge in [-0.2, -0.15) is 0 Å². The first-order chi connectivity index (χ1) is 16.6. The molecule has 0 radical (unpaired) electrons. The number of benzene rings is 3. The first-order valence-corrected chi connectivity index (χ1v) is 12.1. The highest BCUT2D eigenvalue weighted by atomic mass is 32.2. The number of nitrogens with zero attached hydrogens (tertiary/aromatic N) is 4. The SMILES string of the molecule is C[C@H]1Cc2ccccc2N1C(=O)CSc1nnc(CNc2ccc(F)cc2)n1-c1ccccc1. The summed E-state index contributed by atoms with van der Waals surface area (Å²) < 4.78 is 15.2. The van der Waals surface area contributed by atoms with Gasteiger partial charge < -0.3 is 10.2 Å². The predicted octanol–water partition coefficient (Wildman–Crippen LogP) is 5.09. The second kappa shape index (κ2) is 9.69. The monoisotopic (exact) mass is 473 g/mol. The van der Waals surface area contributed by atoms with Gasteiger partial charge in [-0.1, -0.05) is 48.2 Å². The summed E-state index contributed by atoms with van der Waals surface area (Å²) in [7, 11) is 0. The van der Waals surface area contributed by atoms with Gasteiger partial charge in [0.1, 0.15) is 5.82 Å². The van der Waals surface area contributed by atoms with E-state index in [4.69, 9.17) is 0 Å². The minimum Gasteiger partial charge on any atom is -0.378 e. The number of halogens is 1. The number of anilines is 2. The summed E-state index contributed by atoms with van der Waals surface area (Å²) in [5.41, 5.74) is 3.90. The smallest absolute Gasteiger partial charge is 0.237 e. The molecule has 1 aromatic heterocycles. The van der Waals surface area contributed by atoms with Crippen molar-refractivity contribution in [3.63, 3.8) is 0 Å². The van der Waals surface area contributed by atoms with Crippen LogP contribution < -0.4 is 10.2 Å². The van der Waals surface area contributed by atoms with Crippen LogP contribution in [0.1, 0.15) is 18.3 Å². The quantitative estimate of drug-likeness (QED) is 0.379. The first-order valence-electron chi connectivity index (χ1n) is 11.1. The van der Waals surface area contributed by atoms with Crippen molar-refractivity contribution in [1.29, 1.82) is 0 Å². The Hall–Kier alpha value is -3.65. The fraction of sp³-hybridized carbons (Fsp3) is 0.192. The van der Waals surface area contributed by atoms with Crippen LogP contribution in [-0.4, -0.2) is 32.5 Å². The zero-order valence-corrected chi connectivity index (χ0v) is 19.5. The number of para-hydroxylation sites is 2. The molecule has 0 saturated carbocycles. The van der Waals surface area contributed by atoms with Crippen LogP contribution in [0.4, 0.5) is 15.8 Å². The number of hydrogen-bond donors (Lipinski definition) is 1. The summed E-state index contributed by atoms with van der Waals surface area (Å²) in [5.74, 6) is 0.729. The van der Waals surface area contributed by atoms with Gasteiger partial charge in [0, 0.05) is 23.1 Å².